The summed E-state index contributed by atoms with van der Waals surface area (Å²) < 4.78 is 2.04. The van der Waals surface area contributed by atoms with Crippen molar-refractivity contribution < 1.29 is 5.11 Å². The molecule has 0 amide bonds. The van der Waals surface area contributed by atoms with Crippen LogP contribution >= 0.6 is 24.0 Å². The Balaban J connectivity index is 0.00000220. The maximum atomic E-state index is 9.54. The molecule has 120 valence electrons. The van der Waals surface area contributed by atoms with Crippen LogP contribution in [0.25, 0.3) is 0 Å². The van der Waals surface area contributed by atoms with Crippen molar-refractivity contribution in [1.82, 2.24) is 15.2 Å². The molecular formula is C15H27IN4O. The molecule has 0 radical (unpaired) electrons. The predicted molar refractivity (Wildman–Crippen MR) is 97.0 cm³/mol. The van der Waals surface area contributed by atoms with Crippen LogP contribution in [0.1, 0.15) is 38.2 Å². The van der Waals surface area contributed by atoms with E-state index in [0.29, 0.717) is 12.6 Å². The van der Waals surface area contributed by atoms with Crippen molar-refractivity contribution in [3.63, 3.8) is 0 Å². The Morgan fingerprint density at radius 3 is 2.67 bits per heavy atom. The zero-order valence-electron chi connectivity index (χ0n) is 12.9. The fourth-order valence-corrected chi connectivity index (χ4v) is 2.56. The number of aliphatic hydroxyl groups is 1. The van der Waals surface area contributed by atoms with Gasteiger partial charge in [0.05, 0.1) is 12.6 Å². The third-order valence-electron chi connectivity index (χ3n) is 3.69. The van der Waals surface area contributed by atoms with Gasteiger partial charge in [-0.3, -0.25) is 0 Å². The molecule has 0 saturated heterocycles. The van der Waals surface area contributed by atoms with E-state index in [0.717, 1.165) is 38.2 Å². The van der Waals surface area contributed by atoms with Gasteiger partial charge < -0.3 is 20.3 Å². The average molecular weight is 406 g/mol. The topological polar surface area (TPSA) is 61.6 Å². The van der Waals surface area contributed by atoms with E-state index >= 15 is 0 Å². The van der Waals surface area contributed by atoms with E-state index in [9.17, 15) is 5.11 Å². The number of aliphatic hydroxyl groups excluding tert-OH is 1. The monoisotopic (exact) mass is 406 g/mol. The molecule has 1 heterocycles. The van der Waals surface area contributed by atoms with Crippen molar-refractivity contribution in [3.8, 4) is 0 Å². The highest BCUT2D eigenvalue weighted by Gasteiger charge is 2.19. The Labute approximate surface area is 144 Å². The second-order valence-electron chi connectivity index (χ2n) is 5.53. The third-order valence-corrected chi connectivity index (χ3v) is 3.69. The molecule has 5 nitrogen and oxygen atoms in total. The van der Waals surface area contributed by atoms with Gasteiger partial charge in [0.25, 0.3) is 0 Å². The third kappa shape index (κ3) is 6.25. The van der Waals surface area contributed by atoms with E-state index in [1.165, 1.54) is 5.56 Å². The summed E-state index contributed by atoms with van der Waals surface area (Å²) in [5.41, 5.74) is 1.21. The Bertz CT molecular complexity index is 439. The summed E-state index contributed by atoms with van der Waals surface area (Å²) in [6, 6.07) is 2.51. The summed E-state index contributed by atoms with van der Waals surface area (Å²) in [5, 5.41) is 16.3. The summed E-state index contributed by atoms with van der Waals surface area (Å²) >= 11 is 0. The minimum absolute atomic E-state index is 0. The molecule has 2 rings (SSSR count). The van der Waals surface area contributed by atoms with Crippen molar-refractivity contribution in [1.29, 1.82) is 0 Å². The van der Waals surface area contributed by atoms with Gasteiger partial charge in [-0.2, -0.15) is 0 Å². The van der Waals surface area contributed by atoms with Gasteiger partial charge in [0.2, 0.25) is 0 Å². The second-order valence-corrected chi connectivity index (χ2v) is 5.53. The fourth-order valence-electron chi connectivity index (χ4n) is 2.56. The van der Waals surface area contributed by atoms with Gasteiger partial charge in [0, 0.05) is 32.0 Å². The molecule has 1 fully saturated rings. The van der Waals surface area contributed by atoms with Gasteiger partial charge >= 0.3 is 0 Å². The Morgan fingerprint density at radius 2 is 2.10 bits per heavy atom. The van der Waals surface area contributed by atoms with E-state index in [-0.39, 0.29) is 30.1 Å². The Morgan fingerprint density at radius 1 is 1.38 bits per heavy atom. The lowest BCUT2D eigenvalue weighted by molar-refractivity contribution is 0.120. The summed E-state index contributed by atoms with van der Waals surface area (Å²) in [6.45, 7) is 3.62. The summed E-state index contributed by atoms with van der Waals surface area (Å²) in [6.07, 6.45) is 7.80. The first-order chi connectivity index (χ1) is 9.67. The number of nitrogens with one attached hydrogen (secondary N) is 2. The standard InChI is InChI=1S/C15H26N4O.HI/c1-3-16-15(17-10-12-8-9-19(2)11-12)18-13-4-6-14(20)7-5-13;/h8-9,11,13-14,20H,3-7,10H2,1-2H3,(H2,16,17,18);1H. The van der Waals surface area contributed by atoms with Crippen LogP contribution in [0.2, 0.25) is 0 Å². The molecule has 0 spiro atoms. The van der Waals surface area contributed by atoms with Gasteiger partial charge in [0.1, 0.15) is 0 Å². The number of hydrogen-bond acceptors (Lipinski definition) is 2. The SMILES string of the molecule is CCNC(=NCc1ccn(C)c1)NC1CCC(O)CC1.I. The van der Waals surface area contributed by atoms with Crippen LogP contribution in [0.4, 0.5) is 0 Å². The molecule has 1 aliphatic rings. The lowest BCUT2D eigenvalue weighted by atomic mass is 9.93. The van der Waals surface area contributed by atoms with E-state index in [2.05, 4.69) is 34.8 Å². The number of hydrogen-bond donors (Lipinski definition) is 3. The highest BCUT2D eigenvalue weighted by Crippen LogP contribution is 2.18. The maximum Gasteiger partial charge on any atom is 0.191 e. The highest BCUT2D eigenvalue weighted by atomic mass is 127. The van der Waals surface area contributed by atoms with Crippen molar-refractivity contribution in [2.24, 2.45) is 12.0 Å². The van der Waals surface area contributed by atoms with Crippen molar-refractivity contribution in [2.75, 3.05) is 6.54 Å². The zero-order valence-corrected chi connectivity index (χ0v) is 15.2. The summed E-state index contributed by atoms with van der Waals surface area (Å²) in [5.74, 6) is 0.873. The number of aromatic nitrogens is 1. The quantitative estimate of drug-likeness (QED) is 0.407. The Kier molecular flexibility index (Phi) is 8.10. The first-order valence-electron chi connectivity index (χ1n) is 7.51. The van der Waals surface area contributed by atoms with Crippen LogP contribution < -0.4 is 10.6 Å². The van der Waals surface area contributed by atoms with E-state index in [1.54, 1.807) is 0 Å². The molecule has 6 heteroatoms. The number of aliphatic imine (C=N–C) groups is 1. The maximum absolute atomic E-state index is 9.54. The predicted octanol–water partition coefficient (Wildman–Crippen LogP) is 2.00. The van der Waals surface area contributed by atoms with Gasteiger partial charge in [-0.05, 0) is 44.2 Å². The minimum Gasteiger partial charge on any atom is -0.393 e. The lowest BCUT2D eigenvalue weighted by Crippen LogP contribution is -2.45. The normalized spacial score (nSPS) is 22.5. The smallest absolute Gasteiger partial charge is 0.191 e. The first kappa shape index (κ1) is 18.3. The van der Waals surface area contributed by atoms with Crippen LogP contribution in [0.3, 0.4) is 0 Å². The van der Waals surface area contributed by atoms with E-state index in [4.69, 9.17) is 0 Å². The van der Waals surface area contributed by atoms with Gasteiger partial charge in [-0.25, -0.2) is 4.99 Å². The van der Waals surface area contributed by atoms with Crippen molar-refractivity contribution in [3.05, 3.63) is 24.0 Å². The molecule has 0 unspecified atom stereocenters. The van der Waals surface area contributed by atoms with Crippen LogP contribution in [0, 0.1) is 0 Å². The van der Waals surface area contributed by atoms with Crippen LogP contribution in [0.15, 0.2) is 23.5 Å². The fraction of sp³-hybridized carbons (Fsp3) is 0.667. The molecule has 3 N–H and O–H groups in total. The molecule has 0 aromatic carbocycles. The summed E-state index contributed by atoms with van der Waals surface area (Å²) in [4.78, 5) is 4.63. The summed E-state index contributed by atoms with van der Waals surface area (Å²) in [7, 11) is 2.02. The van der Waals surface area contributed by atoms with Crippen LogP contribution in [0.5, 0.6) is 0 Å². The van der Waals surface area contributed by atoms with Crippen molar-refractivity contribution >= 4 is 29.9 Å². The number of halogens is 1. The molecule has 0 bridgehead atoms. The highest BCUT2D eigenvalue weighted by molar-refractivity contribution is 14.0. The second kappa shape index (κ2) is 9.30. The number of guanidine groups is 1. The minimum atomic E-state index is -0.114. The van der Waals surface area contributed by atoms with E-state index < -0.39 is 0 Å². The molecule has 1 aliphatic carbocycles. The molecule has 1 aromatic rings. The van der Waals surface area contributed by atoms with E-state index in [1.807, 2.05) is 17.8 Å². The molecule has 1 aromatic heterocycles. The average Bonchev–Trinajstić information content (AvgIpc) is 2.85. The van der Waals surface area contributed by atoms with Gasteiger partial charge in [-0.15, -0.1) is 24.0 Å². The molecule has 1 saturated carbocycles. The van der Waals surface area contributed by atoms with Crippen molar-refractivity contribution in [2.45, 2.75) is 51.3 Å². The molecule has 21 heavy (non-hydrogen) atoms. The zero-order chi connectivity index (χ0) is 14.4. The molecular weight excluding hydrogens is 379 g/mol. The number of nitrogens with zero attached hydrogens (tertiary/aromatic N) is 2. The molecule has 0 atom stereocenters. The van der Waals surface area contributed by atoms with Crippen LogP contribution in [-0.2, 0) is 13.6 Å². The first-order valence-corrected chi connectivity index (χ1v) is 7.51. The van der Waals surface area contributed by atoms with Gasteiger partial charge in [0.15, 0.2) is 5.96 Å². The largest absolute Gasteiger partial charge is 0.393 e. The Hall–Kier alpha value is -0.760. The molecule has 0 aliphatic heterocycles. The van der Waals surface area contributed by atoms with Gasteiger partial charge in [-0.1, -0.05) is 0 Å². The lowest BCUT2D eigenvalue weighted by Gasteiger charge is -2.27. The number of rotatable bonds is 4. The van der Waals surface area contributed by atoms with Crippen LogP contribution in [-0.4, -0.2) is 34.3 Å². The number of aryl methyl sites for hydroxylation is 1.